The lowest BCUT2D eigenvalue weighted by Gasteiger charge is -2.31. The van der Waals surface area contributed by atoms with Gasteiger partial charge in [0.1, 0.15) is 20.8 Å². The molecule has 9 nitrogen and oxygen atoms in total. The van der Waals surface area contributed by atoms with Crippen LogP contribution >= 0.6 is 0 Å². The minimum atomic E-state index is -4.77. The van der Waals surface area contributed by atoms with Gasteiger partial charge in [-0.1, -0.05) is 26.0 Å². The summed E-state index contributed by atoms with van der Waals surface area (Å²) in [5.74, 6) is 0.00429. The molecule has 9 unspecified atom stereocenters. The van der Waals surface area contributed by atoms with Crippen molar-refractivity contribution in [3.63, 3.8) is 0 Å². The first-order chi connectivity index (χ1) is 22.9. The first kappa shape index (κ1) is 31.9. The molecule has 0 N–H and O–H groups in total. The molecule has 6 saturated heterocycles. The van der Waals surface area contributed by atoms with Crippen LogP contribution in [0.3, 0.4) is 0 Å². The zero-order valence-corrected chi connectivity index (χ0v) is 29.3. The fraction of sp³-hybridized carbons (Fsp3) is 0.676. The van der Waals surface area contributed by atoms with Crippen LogP contribution in [0.1, 0.15) is 142 Å². The van der Waals surface area contributed by atoms with Gasteiger partial charge in [-0.3, -0.25) is 0 Å². The fourth-order valence-electron chi connectivity index (χ4n) is 10.5. The Morgan fingerprint density at radius 2 is 1.21 bits per heavy atom. The zero-order chi connectivity index (χ0) is 33.1. The van der Waals surface area contributed by atoms with E-state index in [9.17, 15) is 13.0 Å². The quantitative estimate of drug-likeness (QED) is 0.225. The molecule has 260 valence electrons. The first-order valence-electron chi connectivity index (χ1n) is 18.2. The van der Waals surface area contributed by atoms with E-state index in [-0.39, 0.29) is 75.8 Å². The summed E-state index contributed by atoms with van der Waals surface area (Å²) in [6.45, 7) is 3.74. The van der Waals surface area contributed by atoms with E-state index in [0.29, 0.717) is 29.5 Å². The average Bonchev–Trinajstić information content (AvgIpc) is 3.92. The number of benzene rings is 2. The Labute approximate surface area is 283 Å². The van der Waals surface area contributed by atoms with E-state index in [1.807, 2.05) is 13.8 Å². The van der Waals surface area contributed by atoms with Gasteiger partial charge in [0.25, 0.3) is 0 Å². The summed E-state index contributed by atoms with van der Waals surface area (Å²) in [6, 6.07) is 5.65. The third-order valence-corrected chi connectivity index (χ3v) is 14.9. The molecular formula is C37H45O9S2-. The molecule has 9 rings (SSSR count). The summed E-state index contributed by atoms with van der Waals surface area (Å²) < 4.78 is 93.1. The van der Waals surface area contributed by atoms with E-state index in [2.05, 4.69) is 12.1 Å². The fourth-order valence-corrected chi connectivity index (χ4v) is 12.8. The summed E-state index contributed by atoms with van der Waals surface area (Å²) in [6.07, 6.45) is 11.3. The Morgan fingerprint density at radius 1 is 0.708 bits per heavy atom. The highest BCUT2D eigenvalue weighted by Crippen LogP contribution is 2.54. The van der Waals surface area contributed by atoms with E-state index in [1.54, 1.807) is 0 Å². The van der Waals surface area contributed by atoms with Crippen molar-refractivity contribution in [3.05, 3.63) is 51.6 Å². The largest absolute Gasteiger partial charge is 0.744 e. The Balaban J connectivity index is 1.24. The lowest BCUT2D eigenvalue weighted by atomic mass is 9.76. The van der Waals surface area contributed by atoms with Crippen LogP contribution < -0.4 is 4.18 Å². The maximum atomic E-state index is 15.2. The van der Waals surface area contributed by atoms with Crippen LogP contribution in [0, 0.1) is 0 Å². The van der Waals surface area contributed by atoms with Gasteiger partial charge in [-0.05, 0) is 118 Å². The molecule has 1 aliphatic carbocycles. The van der Waals surface area contributed by atoms with Crippen LogP contribution in [-0.4, -0.2) is 58.0 Å². The van der Waals surface area contributed by atoms with Crippen molar-refractivity contribution >= 4 is 20.2 Å². The predicted molar refractivity (Wildman–Crippen MR) is 175 cm³/mol. The van der Waals surface area contributed by atoms with Crippen molar-refractivity contribution in [2.24, 2.45) is 0 Å². The molecule has 0 amide bonds. The van der Waals surface area contributed by atoms with Crippen molar-refractivity contribution < 1.29 is 39.8 Å². The highest BCUT2D eigenvalue weighted by molar-refractivity contribution is 7.87. The topological polar surface area (TPSA) is 128 Å². The van der Waals surface area contributed by atoms with Crippen molar-refractivity contribution in [1.82, 2.24) is 0 Å². The van der Waals surface area contributed by atoms with Crippen molar-refractivity contribution in [2.45, 2.75) is 167 Å². The van der Waals surface area contributed by atoms with Crippen molar-refractivity contribution in [3.8, 4) is 5.75 Å². The first-order valence-corrected chi connectivity index (χ1v) is 21.0. The van der Waals surface area contributed by atoms with Gasteiger partial charge in [0, 0.05) is 28.9 Å². The smallest absolute Gasteiger partial charge is 0.339 e. The number of hydrogen-bond acceptors (Lipinski definition) is 9. The molecule has 0 aromatic heterocycles. The van der Waals surface area contributed by atoms with Crippen molar-refractivity contribution in [1.29, 1.82) is 0 Å². The Morgan fingerprint density at radius 3 is 1.65 bits per heavy atom. The van der Waals surface area contributed by atoms with Crippen LogP contribution in [0.5, 0.6) is 5.75 Å². The number of ether oxygens (including phenoxy) is 3. The molecule has 9 atom stereocenters. The summed E-state index contributed by atoms with van der Waals surface area (Å²) in [7, 11) is -9.21. The second-order valence-corrected chi connectivity index (χ2v) is 18.6. The summed E-state index contributed by atoms with van der Waals surface area (Å²) in [4.78, 5) is 0.000123. The molecule has 6 bridgehead atoms. The van der Waals surface area contributed by atoms with E-state index in [0.717, 1.165) is 87.3 Å². The molecular weight excluding hydrogens is 653 g/mol. The van der Waals surface area contributed by atoms with Crippen LogP contribution in [0.15, 0.2) is 28.0 Å². The third kappa shape index (κ3) is 5.20. The van der Waals surface area contributed by atoms with E-state index in [1.165, 1.54) is 6.07 Å². The van der Waals surface area contributed by atoms with Gasteiger partial charge in [-0.15, -0.1) is 0 Å². The molecule has 2 aromatic rings. The molecule has 11 heteroatoms. The Hall–Kier alpha value is -2.02. The van der Waals surface area contributed by atoms with Gasteiger partial charge in [-0.25, -0.2) is 8.42 Å². The maximum Gasteiger partial charge on any atom is 0.339 e. The molecule has 6 aliphatic heterocycles. The summed E-state index contributed by atoms with van der Waals surface area (Å²) in [5.41, 5.74) is 4.11. The van der Waals surface area contributed by atoms with Gasteiger partial charge >= 0.3 is 10.1 Å². The SMILES string of the molecule is CC(C)c1cc(S(=O)(=O)[O-])c2c(c1OS(=O)(=O)c1c(C3CC4CCC3O4)cc(C3CC4CCC3O4)cc1C1CC3CCC1O3)CCCC2. The Bertz CT molecular complexity index is 1820. The van der Waals surface area contributed by atoms with Crippen LogP contribution in [0.25, 0.3) is 0 Å². The molecule has 0 radical (unpaired) electrons. The van der Waals surface area contributed by atoms with Crippen molar-refractivity contribution in [2.75, 3.05) is 0 Å². The molecule has 6 fully saturated rings. The van der Waals surface area contributed by atoms with E-state index in [4.69, 9.17) is 18.4 Å². The number of rotatable bonds is 8. The van der Waals surface area contributed by atoms with Crippen LogP contribution in [0.2, 0.25) is 0 Å². The Kier molecular flexibility index (Phi) is 7.65. The monoisotopic (exact) mass is 697 g/mol. The highest BCUT2D eigenvalue weighted by Gasteiger charge is 2.49. The average molecular weight is 698 g/mol. The summed E-state index contributed by atoms with van der Waals surface area (Å²) in [5, 5.41) is 0. The lowest BCUT2D eigenvalue weighted by Crippen LogP contribution is -2.26. The predicted octanol–water partition coefficient (Wildman–Crippen LogP) is 6.47. The second-order valence-electron chi connectivity index (χ2n) is 15.8. The third-order valence-electron chi connectivity index (χ3n) is 12.6. The van der Waals surface area contributed by atoms with Gasteiger partial charge in [0.2, 0.25) is 0 Å². The molecule has 7 aliphatic rings. The molecule has 2 aromatic carbocycles. The second kappa shape index (κ2) is 11.5. The number of hydrogen-bond donors (Lipinski definition) is 0. The molecule has 6 heterocycles. The number of fused-ring (bicyclic) bond motifs is 7. The normalized spacial score (nSPS) is 35.2. The molecule has 0 spiro atoms. The highest BCUT2D eigenvalue weighted by atomic mass is 32.2. The van der Waals surface area contributed by atoms with Gasteiger partial charge < -0.3 is 22.9 Å². The summed E-state index contributed by atoms with van der Waals surface area (Å²) >= 11 is 0. The molecule has 48 heavy (non-hydrogen) atoms. The van der Waals surface area contributed by atoms with E-state index >= 15 is 8.42 Å². The van der Waals surface area contributed by atoms with Crippen LogP contribution in [-0.2, 0) is 47.3 Å². The van der Waals surface area contributed by atoms with Crippen LogP contribution in [0.4, 0.5) is 0 Å². The molecule has 0 saturated carbocycles. The minimum Gasteiger partial charge on any atom is -0.744 e. The lowest BCUT2D eigenvalue weighted by molar-refractivity contribution is 0.0996. The standard InChI is InChI=1S/C37H46O9S2/c1-19(2)26-18-35(47(38,39)40)24-5-3-4-6-25(24)36(26)46-48(41,42)37-30(28-16-22-8-11-33(28)44-22)13-20(27-15-21-7-10-32(27)43-21)14-31(37)29-17-23-9-12-34(29)45-23/h13-14,18-19,21-23,27-29,32-34H,3-12,15-17H2,1-2H3,(H,38,39,40)/p-1. The minimum absolute atomic E-state index is 0.0415. The van der Waals surface area contributed by atoms with Gasteiger partial charge in [0.15, 0.2) is 0 Å². The van der Waals surface area contributed by atoms with E-state index < -0.39 is 20.2 Å². The van der Waals surface area contributed by atoms with Gasteiger partial charge in [-0.2, -0.15) is 8.42 Å². The zero-order valence-electron chi connectivity index (χ0n) is 27.7. The maximum absolute atomic E-state index is 15.2. The van der Waals surface area contributed by atoms with Gasteiger partial charge in [0.05, 0.1) is 41.5 Å².